The van der Waals surface area contributed by atoms with Crippen LogP contribution in [0.15, 0.2) is 16.6 Å². The molecule has 3 heteroatoms. The maximum absolute atomic E-state index is 12.6. The van der Waals surface area contributed by atoms with E-state index in [1.54, 1.807) is 7.11 Å². The number of methoxy groups -OCH3 is 1. The van der Waals surface area contributed by atoms with Gasteiger partial charge in [0.15, 0.2) is 5.78 Å². The van der Waals surface area contributed by atoms with Crippen LogP contribution < -0.4 is 4.74 Å². The lowest BCUT2D eigenvalue weighted by Crippen LogP contribution is -2.16. The zero-order valence-corrected chi connectivity index (χ0v) is 13.7. The third-order valence-electron chi connectivity index (χ3n) is 5.11. The maximum Gasteiger partial charge on any atom is 0.166 e. The van der Waals surface area contributed by atoms with E-state index in [0.717, 1.165) is 27.4 Å². The summed E-state index contributed by atoms with van der Waals surface area (Å²) < 4.78 is 6.37. The number of hydrogen-bond donors (Lipinski definition) is 0. The Morgan fingerprint density at radius 3 is 2.75 bits per heavy atom. The molecular formula is C17H21BrO2. The van der Waals surface area contributed by atoms with Gasteiger partial charge >= 0.3 is 0 Å². The standard InChI is InChI=1S/C17H21BrO2/c1-10-5-17(20-2)14(9-15(10)18)16(19)8-13-7-11-3-4-12(13)6-11/h5,9,11-13H,3-4,6-8H2,1-2H3. The fourth-order valence-corrected chi connectivity index (χ4v) is 4.36. The van der Waals surface area contributed by atoms with Crippen molar-refractivity contribution < 1.29 is 9.53 Å². The third kappa shape index (κ3) is 2.52. The van der Waals surface area contributed by atoms with Gasteiger partial charge in [0, 0.05) is 10.9 Å². The minimum atomic E-state index is 0.236. The van der Waals surface area contributed by atoms with Gasteiger partial charge in [-0.25, -0.2) is 0 Å². The molecule has 0 aliphatic heterocycles. The van der Waals surface area contributed by atoms with Gasteiger partial charge in [-0.1, -0.05) is 22.4 Å². The Morgan fingerprint density at radius 1 is 1.35 bits per heavy atom. The van der Waals surface area contributed by atoms with E-state index in [1.807, 2.05) is 19.1 Å². The van der Waals surface area contributed by atoms with Gasteiger partial charge in [-0.2, -0.15) is 0 Å². The average molecular weight is 337 g/mol. The molecule has 3 rings (SSSR count). The van der Waals surface area contributed by atoms with Crippen LogP contribution in [0.2, 0.25) is 0 Å². The number of ketones is 1. The predicted molar refractivity (Wildman–Crippen MR) is 83.3 cm³/mol. The highest BCUT2D eigenvalue weighted by atomic mass is 79.9. The fourth-order valence-electron chi connectivity index (χ4n) is 4.02. The third-order valence-corrected chi connectivity index (χ3v) is 5.97. The maximum atomic E-state index is 12.6. The molecule has 0 radical (unpaired) electrons. The molecule has 0 aromatic heterocycles. The van der Waals surface area contributed by atoms with Crippen molar-refractivity contribution in [3.05, 3.63) is 27.7 Å². The van der Waals surface area contributed by atoms with E-state index in [-0.39, 0.29) is 5.78 Å². The van der Waals surface area contributed by atoms with Gasteiger partial charge in [-0.3, -0.25) is 4.79 Å². The number of halogens is 1. The molecule has 20 heavy (non-hydrogen) atoms. The number of ether oxygens (including phenoxy) is 1. The highest BCUT2D eigenvalue weighted by Gasteiger charge is 2.40. The van der Waals surface area contributed by atoms with Crippen LogP contribution in [0.25, 0.3) is 0 Å². The molecule has 0 N–H and O–H groups in total. The number of benzene rings is 1. The SMILES string of the molecule is COc1cc(C)c(Br)cc1C(=O)CC1CC2CCC1C2. The highest BCUT2D eigenvalue weighted by Crippen LogP contribution is 2.50. The molecule has 0 spiro atoms. The second-order valence-corrected chi connectivity index (χ2v) is 7.22. The largest absolute Gasteiger partial charge is 0.496 e. The first-order valence-corrected chi connectivity index (χ1v) is 8.25. The fraction of sp³-hybridized carbons (Fsp3) is 0.588. The second kappa shape index (κ2) is 5.51. The zero-order valence-electron chi connectivity index (χ0n) is 12.1. The van der Waals surface area contributed by atoms with Crippen molar-refractivity contribution >= 4 is 21.7 Å². The van der Waals surface area contributed by atoms with Gasteiger partial charge < -0.3 is 4.74 Å². The van der Waals surface area contributed by atoms with Crippen LogP contribution >= 0.6 is 15.9 Å². The van der Waals surface area contributed by atoms with Gasteiger partial charge in [0.25, 0.3) is 0 Å². The second-order valence-electron chi connectivity index (χ2n) is 6.36. The molecule has 3 atom stereocenters. The van der Waals surface area contributed by atoms with E-state index in [1.165, 1.54) is 25.7 Å². The Bertz CT molecular complexity index is 538. The molecule has 1 aromatic carbocycles. The number of rotatable bonds is 4. The molecule has 2 aliphatic carbocycles. The van der Waals surface area contributed by atoms with Crippen molar-refractivity contribution in [1.82, 2.24) is 0 Å². The van der Waals surface area contributed by atoms with Gasteiger partial charge in [0.05, 0.1) is 12.7 Å². The van der Waals surface area contributed by atoms with Gasteiger partial charge in [0.2, 0.25) is 0 Å². The molecule has 2 fully saturated rings. The molecule has 3 unspecified atom stereocenters. The average Bonchev–Trinajstić information content (AvgIpc) is 3.03. The van der Waals surface area contributed by atoms with Crippen molar-refractivity contribution in [2.75, 3.05) is 7.11 Å². The normalized spacial score (nSPS) is 27.9. The summed E-state index contributed by atoms with van der Waals surface area (Å²) in [5.74, 6) is 3.23. The summed E-state index contributed by atoms with van der Waals surface area (Å²) in [4.78, 5) is 12.6. The smallest absolute Gasteiger partial charge is 0.166 e. The molecular weight excluding hydrogens is 316 g/mol. The lowest BCUT2D eigenvalue weighted by molar-refractivity contribution is 0.0941. The monoisotopic (exact) mass is 336 g/mol. The minimum Gasteiger partial charge on any atom is -0.496 e. The van der Waals surface area contributed by atoms with Crippen LogP contribution in [-0.4, -0.2) is 12.9 Å². The summed E-state index contributed by atoms with van der Waals surface area (Å²) in [6.07, 6.45) is 6.01. The van der Waals surface area contributed by atoms with E-state index in [0.29, 0.717) is 18.1 Å². The van der Waals surface area contributed by atoms with Gasteiger partial charge in [-0.15, -0.1) is 0 Å². The molecule has 0 saturated heterocycles. The first kappa shape index (κ1) is 14.1. The number of aryl methyl sites for hydroxylation is 1. The molecule has 0 amide bonds. The zero-order chi connectivity index (χ0) is 14.3. The van der Waals surface area contributed by atoms with Crippen LogP contribution in [-0.2, 0) is 0 Å². The summed E-state index contributed by atoms with van der Waals surface area (Å²) in [6, 6.07) is 3.86. The highest BCUT2D eigenvalue weighted by molar-refractivity contribution is 9.10. The molecule has 2 nitrogen and oxygen atoms in total. The Kier molecular flexibility index (Phi) is 3.89. The van der Waals surface area contributed by atoms with E-state index in [2.05, 4.69) is 15.9 Å². The lowest BCUT2D eigenvalue weighted by atomic mass is 9.84. The molecule has 108 valence electrons. The van der Waals surface area contributed by atoms with Crippen molar-refractivity contribution in [1.29, 1.82) is 0 Å². The summed E-state index contributed by atoms with van der Waals surface area (Å²) in [5.41, 5.74) is 1.83. The minimum absolute atomic E-state index is 0.236. The number of fused-ring (bicyclic) bond motifs is 2. The van der Waals surface area contributed by atoms with Gasteiger partial charge in [-0.05, 0) is 61.6 Å². The Balaban J connectivity index is 1.78. The number of hydrogen-bond acceptors (Lipinski definition) is 2. The number of carbonyl (C=O) groups excluding carboxylic acids is 1. The van der Waals surface area contributed by atoms with Crippen molar-refractivity contribution in [3.63, 3.8) is 0 Å². The molecule has 2 aliphatic rings. The van der Waals surface area contributed by atoms with E-state index >= 15 is 0 Å². The van der Waals surface area contributed by atoms with Crippen LogP contribution in [0.4, 0.5) is 0 Å². The van der Waals surface area contributed by atoms with Gasteiger partial charge in [0.1, 0.15) is 5.75 Å². The van der Waals surface area contributed by atoms with Crippen molar-refractivity contribution in [2.45, 2.75) is 39.0 Å². The summed E-state index contributed by atoms with van der Waals surface area (Å²) in [7, 11) is 1.64. The predicted octanol–water partition coefficient (Wildman–Crippen LogP) is 4.78. The Labute approximate surface area is 129 Å². The topological polar surface area (TPSA) is 26.3 Å². The van der Waals surface area contributed by atoms with Crippen LogP contribution in [0.3, 0.4) is 0 Å². The molecule has 0 heterocycles. The van der Waals surface area contributed by atoms with Crippen molar-refractivity contribution in [2.24, 2.45) is 17.8 Å². The summed E-state index contributed by atoms with van der Waals surface area (Å²) in [6.45, 7) is 2.01. The Hall–Kier alpha value is -0.830. The van der Waals surface area contributed by atoms with E-state index in [9.17, 15) is 4.79 Å². The number of Topliss-reactive ketones (excluding diaryl/α,β-unsaturated/α-hetero) is 1. The van der Waals surface area contributed by atoms with Crippen LogP contribution in [0.1, 0.15) is 48.0 Å². The summed E-state index contributed by atoms with van der Waals surface area (Å²) >= 11 is 3.52. The summed E-state index contributed by atoms with van der Waals surface area (Å²) in [5, 5.41) is 0. The quantitative estimate of drug-likeness (QED) is 0.740. The number of carbonyl (C=O) groups is 1. The Morgan fingerprint density at radius 2 is 2.15 bits per heavy atom. The molecule has 1 aromatic rings. The van der Waals surface area contributed by atoms with Crippen LogP contribution in [0.5, 0.6) is 5.75 Å². The van der Waals surface area contributed by atoms with Crippen molar-refractivity contribution in [3.8, 4) is 5.75 Å². The van der Waals surface area contributed by atoms with E-state index in [4.69, 9.17) is 4.74 Å². The molecule has 2 saturated carbocycles. The molecule has 2 bridgehead atoms. The first-order chi connectivity index (χ1) is 9.58. The van der Waals surface area contributed by atoms with E-state index < -0.39 is 0 Å². The first-order valence-electron chi connectivity index (χ1n) is 7.45. The lowest BCUT2D eigenvalue weighted by Gasteiger charge is -2.21. The van der Waals surface area contributed by atoms with Crippen LogP contribution in [0, 0.1) is 24.7 Å².